The van der Waals surface area contributed by atoms with E-state index in [1.54, 1.807) is 60.7 Å². The Morgan fingerprint density at radius 1 is 1.00 bits per heavy atom. The highest BCUT2D eigenvalue weighted by Gasteiger charge is 2.13. The van der Waals surface area contributed by atoms with Crippen molar-refractivity contribution in [2.24, 2.45) is 5.10 Å². The lowest BCUT2D eigenvalue weighted by Gasteiger charge is -2.10. The van der Waals surface area contributed by atoms with Gasteiger partial charge in [-0.25, -0.2) is 10.2 Å². The Hall–Kier alpha value is -3.56. The largest absolute Gasteiger partial charge is 0.497 e. The van der Waals surface area contributed by atoms with Gasteiger partial charge in [0, 0.05) is 5.02 Å². The molecule has 34 heavy (non-hydrogen) atoms. The fourth-order valence-electron chi connectivity index (χ4n) is 2.70. The SMILES string of the molecule is COc1cccc(C(=O)Oc2ccc(C=NNC(=O)COc3ccc(Cl)cc3Br)cc2OC)c1. The lowest BCUT2D eigenvalue weighted by atomic mass is 10.2. The summed E-state index contributed by atoms with van der Waals surface area (Å²) in [4.78, 5) is 24.4. The summed E-state index contributed by atoms with van der Waals surface area (Å²) in [6, 6.07) is 16.4. The van der Waals surface area contributed by atoms with Crippen LogP contribution in [0.15, 0.2) is 70.2 Å². The highest BCUT2D eigenvalue weighted by molar-refractivity contribution is 9.10. The van der Waals surface area contributed by atoms with Crippen molar-refractivity contribution in [2.45, 2.75) is 0 Å². The van der Waals surface area contributed by atoms with Crippen molar-refractivity contribution in [1.29, 1.82) is 0 Å². The highest BCUT2D eigenvalue weighted by Crippen LogP contribution is 2.29. The molecule has 0 saturated heterocycles. The monoisotopic (exact) mass is 546 g/mol. The normalized spacial score (nSPS) is 10.6. The van der Waals surface area contributed by atoms with Gasteiger partial charge in [-0.15, -0.1) is 0 Å². The van der Waals surface area contributed by atoms with Crippen LogP contribution >= 0.6 is 27.5 Å². The zero-order valence-corrected chi connectivity index (χ0v) is 20.6. The zero-order valence-electron chi connectivity index (χ0n) is 18.2. The molecule has 0 aliphatic rings. The standard InChI is InChI=1S/C24H20BrClN2O6/c1-31-18-5-3-4-16(11-18)24(30)34-21-8-6-15(10-22(21)32-2)13-27-28-23(29)14-33-20-9-7-17(26)12-19(20)25/h3-13H,14H2,1-2H3,(H,28,29). The van der Waals surface area contributed by atoms with E-state index in [1.165, 1.54) is 20.4 Å². The van der Waals surface area contributed by atoms with E-state index in [9.17, 15) is 9.59 Å². The topological polar surface area (TPSA) is 95.5 Å². The van der Waals surface area contributed by atoms with Crippen molar-refractivity contribution < 1.29 is 28.5 Å². The van der Waals surface area contributed by atoms with Gasteiger partial charge in [0.05, 0.1) is 30.5 Å². The molecule has 3 aromatic rings. The van der Waals surface area contributed by atoms with E-state index in [2.05, 4.69) is 26.5 Å². The molecule has 0 radical (unpaired) electrons. The summed E-state index contributed by atoms with van der Waals surface area (Å²) in [5.41, 5.74) is 3.32. The Bertz CT molecular complexity index is 1220. The minimum Gasteiger partial charge on any atom is -0.497 e. The Morgan fingerprint density at radius 3 is 2.53 bits per heavy atom. The Kier molecular flexibility index (Phi) is 8.89. The van der Waals surface area contributed by atoms with Gasteiger partial charge >= 0.3 is 5.97 Å². The van der Waals surface area contributed by atoms with Crippen LogP contribution in [0.5, 0.6) is 23.0 Å². The molecular formula is C24H20BrClN2O6. The van der Waals surface area contributed by atoms with Gasteiger partial charge in [0.1, 0.15) is 11.5 Å². The zero-order chi connectivity index (χ0) is 24.5. The predicted molar refractivity (Wildman–Crippen MR) is 131 cm³/mol. The van der Waals surface area contributed by atoms with Gasteiger partial charge in [-0.05, 0) is 76.1 Å². The molecule has 0 spiro atoms. The summed E-state index contributed by atoms with van der Waals surface area (Å²) in [5.74, 6) is 0.571. The van der Waals surface area contributed by atoms with Crippen LogP contribution in [0.1, 0.15) is 15.9 Å². The molecule has 1 amide bonds. The number of hydrogen-bond donors (Lipinski definition) is 1. The molecular weight excluding hydrogens is 528 g/mol. The van der Waals surface area contributed by atoms with Gasteiger partial charge in [-0.3, -0.25) is 4.79 Å². The van der Waals surface area contributed by atoms with Crippen LogP contribution in [0, 0.1) is 0 Å². The third-order valence-corrected chi connectivity index (χ3v) is 5.21. The molecule has 0 atom stereocenters. The maximum Gasteiger partial charge on any atom is 0.343 e. The third kappa shape index (κ3) is 6.97. The fourth-order valence-corrected chi connectivity index (χ4v) is 3.50. The number of nitrogens with zero attached hydrogens (tertiary/aromatic N) is 1. The predicted octanol–water partition coefficient (Wildman–Crippen LogP) is 4.87. The van der Waals surface area contributed by atoms with E-state index < -0.39 is 11.9 Å². The third-order valence-electron chi connectivity index (χ3n) is 4.35. The minimum atomic E-state index is -0.557. The Balaban J connectivity index is 1.57. The van der Waals surface area contributed by atoms with Crippen molar-refractivity contribution in [1.82, 2.24) is 5.43 Å². The van der Waals surface area contributed by atoms with Gasteiger partial charge in [0.2, 0.25) is 0 Å². The van der Waals surface area contributed by atoms with E-state index in [4.69, 9.17) is 30.5 Å². The van der Waals surface area contributed by atoms with E-state index in [0.717, 1.165) is 0 Å². The lowest BCUT2D eigenvalue weighted by molar-refractivity contribution is -0.123. The number of carbonyl (C=O) groups is 2. The summed E-state index contributed by atoms with van der Waals surface area (Å²) in [6.07, 6.45) is 1.42. The number of methoxy groups -OCH3 is 2. The molecule has 0 bridgehead atoms. The van der Waals surface area contributed by atoms with Crippen molar-refractivity contribution in [3.05, 3.63) is 81.3 Å². The molecule has 0 aromatic heterocycles. The number of nitrogens with one attached hydrogen (secondary N) is 1. The molecule has 1 N–H and O–H groups in total. The number of esters is 1. The molecule has 0 heterocycles. The number of hydrogen-bond acceptors (Lipinski definition) is 7. The first-order valence-corrected chi connectivity index (χ1v) is 11.0. The molecule has 0 fully saturated rings. The average molecular weight is 548 g/mol. The number of hydrazone groups is 1. The number of benzene rings is 3. The second-order valence-corrected chi connectivity index (χ2v) is 7.98. The summed E-state index contributed by atoms with van der Waals surface area (Å²) in [7, 11) is 2.97. The second-order valence-electron chi connectivity index (χ2n) is 6.69. The quantitative estimate of drug-likeness (QED) is 0.178. The average Bonchev–Trinajstić information content (AvgIpc) is 2.84. The first kappa shape index (κ1) is 25.1. The molecule has 0 saturated carbocycles. The van der Waals surface area contributed by atoms with E-state index in [1.807, 2.05) is 0 Å². The molecule has 176 valence electrons. The fraction of sp³-hybridized carbons (Fsp3) is 0.125. The van der Waals surface area contributed by atoms with Crippen LogP contribution in [-0.4, -0.2) is 38.9 Å². The lowest BCUT2D eigenvalue weighted by Crippen LogP contribution is -2.24. The van der Waals surface area contributed by atoms with Crippen molar-refractivity contribution in [2.75, 3.05) is 20.8 Å². The summed E-state index contributed by atoms with van der Waals surface area (Å²) >= 11 is 9.19. The van der Waals surface area contributed by atoms with Gasteiger partial charge in [0.25, 0.3) is 5.91 Å². The minimum absolute atomic E-state index is 0.235. The van der Waals surface area contributed by atoms with Gasteiger partial charge in [-0.1, -0.05) is 17.7 Å². The molecule has 0 aliphatic carbocycles. The van der Waals surface area contributed by atoms with Gasteiger partial charge in [0.15, 0.2) is 18.1 Å². The summed E-state index contributed by atoms with van der Waals surface area (Å²) in [6.45, 7) is -0.236. The summed E-state index contributed by atoms with van der Waals surface area (Å²) < 4.78 is 22.0. The van der Waals surface area contributed by atoms with Crippen molar-refractivity contribution in [3.63, 3.8) is 0 Å². The van der Waals surface area contributed by atoms with Crippen LogP contribution in [0.3, 0.4) is 0 Å². The van der Waals surface area contributed by atoms with Crippen molar-refractivity contribution >= 4 is 45.6 Å². The molecule has 0 aliphatic heterocycles. The number of carbonyl (C=O) groups excluding carboxylic acids is 2. The smallest absolute Gasteiger partial charge is 0.343 e. The first-order valence-electron chi connectivity index (χ1n) is 9.83. The van der Waals surface area contributed by atoms with E-state index in [-0.39, 0.29) is 12.4 Å². The molecule has 3 rings (SSSR count). The van der Waals surface area contributed by atoms with E-state index in [0.29, 0.717) is 37.9 Å². The van der Waals surface area contributed by atoms with Crippen LogP contribution in [0.2, 0.25) is 5.02 Å². The molecule has 10 heteroatoms. The van der Waals surface area contributed by atoms with Crippen LogP contribution in [0.25, 0.3) is 0 Å². The van der Waals surface area contributed by atoms with Crippen LogP contribution in [0.4, 0.5) is 0 Å². The number of amides is 1. The van der Waals surface area contributed by atoms with Crippen molar-refractivity contribution in [3.8, 4) is 23.0 Å². The molecule has 0 unspecified atom stereocenters. The Morgan fingerprint density at radius 2 is 1.79 bits per heavy atom. The van der Waals surface area contributed by atoms with Gasteiger partial charge < -0.3 is 18.9 Å². The summed E-state index contributed by atoms with van der Waals surface area (Å²) in [5, 5.41) is 4.45. The van der Waals surface area contributed by atoms with Crippen LogP contribution < -0.4 is 24.4 Å². The molecule has 8 nitrogen and oxygen atoms in total. The maximum atomic E-state index is 12.5. The first-order chi connectivity index (χ1) is 16.4. The Labute approximate surface area is 209 Å². The maximum absolute atomic E-state index is 12.5. The van der Waals surface area contributed by atoms with Crippen LogP contribution in [-0.2, 0) is 4.79 Å². The van der Waals surface area contributed by atoms with E-state index >= 15 is 0 Å². The number of halogens is 2. The number of rotatable bonds is 9. The number of ether oxygens (including phenoxy) is 4. The highest BCUT2D eigenvalue weighted by atomic mass is 79.9. The van der Waals surface area contributed by atoms with Gasteiger partial charge in [-0.2, -0.15) is 5.10 Å². The molecule has 3 aromatic carbocycles. The second kappa shape index (κ2) is 12.1.